The van der Waals surface area contributed by atoms with Crippen molar-refractivity contribution in [3.8, 4) is 0 Å². The third kappa shape index (κ3) is 3.04. The molecular weight excluding hydrogens is 274 g/mol. The number of ketones is 1. The summed E-state index contributed by atoms with van der Waals surface area (Å²) in [7, 11) is 1.53. The number of hydrogen-bond acceptors (Lipinski definition) is 5. The van der Waals surface area contributed by atoms with E-state index in [0.717, 1.165) is 17.8 Å². The average molecular weight is 289 g/mol. The summed E-state index contributed by atoms with van der Waals surface area (Å²) in [5.74, 6) is -0.508. The second-order valence-electron chi connectivity index (χ2n) is 4.52. The first kappa shape index (κ1) is 14.6. The summed E-state index contributed by atoms with van der Waals surface area (Å²) in [6.07, 6.45) is 5.89. The molecule has 0 spiro atoms. The Morgan fingerprint density at radius 1 is 1.43 bits per heavy atom. The fourth-order valence-corrected chi connectivity index (χ4v) is 1.89. The average Bonchev–Trinajstić information content (AvgIpc) is 2.99. The van der Waals surface area contributed by atoms with E-state index in [1.54, 1.807) is 10.8 Å². The molecule has 2 aromatic heterocycles. The Kier molecular flexibility index (Phi) is 3.97. The summed E-state index contributed by atoms with van der Waals surface area (Å²) >= 11 is 0. The molecule has 2 rings (SSSR count). The zero-order chi connectivity index (χ0) is 15.6. The van der Waals surface area contributed by atoms with Crippen LogP contribution < -0.4 is 0 Å². The van der Waals surface area contributed by atoms with E-state index in [4.69, 9.17) is 0 Å². The van der Waals surface area contributed by atoms with Crippen molar-refractivity contribution in [2.75, 3.05) is 0 Å². The van der Waals surface area contributed by atoms with Crippen LogP contribution in [0.3, 0.4) is 0 Å². The van der Waals surface area contributed by atoms with Crippen molar-refractivity contribution < 1.29 is 9.72 Å². The topological polar surface area (TPSA) is 95.8 Å². The second-order valence-corrected chi connectivity index (χ2v) is 4.52. The fourth-order valence-electron chi connectivity index (χ4n) is 1.89. The van der Waals surface area contributed by atoms with Crippen LogP contribution in [0.15, 0.2) is 18.5 Å². The Morgan fingerprint density at radius 3 is 2.71 bits per heavy atom. The normalized spacial score (nSPS) is 11.2. The molecule has 21 heavy (non-hydrogen) atoms. The SMILES string of the molecule is CCn1cc(/C=C/C(=O)c2nn(C)cc2[N+](=O)[O-])c(C)n1. The van der Waals surface area contributed by atoms with E-state index in [2.05, 4.69) is 10.2 Å². The number of carbonyl (C=O) groups excluding carboxylic acids is 1. The highest BCUT2D eigenvalue weighted by Crippen LogP contribution is 2.17. The van der Waals surface area contributed by atoms with Crippen LogP contribution in [0.25, 0.3) is 6.08 Å². The second kappa shape index (κ2) is 5.70. The lowest BCUT2D eigenvalue weighted by atomic mass is 10.2. The van der Waals surface area contributed by atoms with E-state index in [9.17, 15) is 14.9 Å². The lowest BCUT2D eigenvalue weighted by Crippen LogP contribution is -2.01. The van der Waals surface area contributed by atoms with Crippen LogP contribution in [0.5, 0.6) is 0 Å². The highest BCUT2D eigenvalue weighted by molar-refractivity contribution is 6.08. The van der Waals surface area contributed by atoms with Gasteiger partial charge >= 0.3 is 5.69 Å². The standard InChI is InChI=1S/C13H15N5O3/c1-4-17-7-10(9(2)14-17)5-6-12(19)13-11(18(20)21)8-16(3)15-13/h5-8H,4H2,1-3H3/b6-5+. The largest absolute Gasteiger partial charge is 0.318 e. The zero-order valence-electron chi connectivity index (χ0n) is 12.0. The van der Waals surface area contributed by atoms with E-state index in [-0.39, 0.29) is 11.4 Å². The molecule has 2 aromatic rings. The van der Waals surface area contributed by atoms with Gasteiger partial charge in [-0.15, -0.1) is 0 Å². The monoisotopic (exact) mass is 289 g/mol. The van der Waals surface area contributed by atoms with E-state index in [0.29, 0.717) is 0 Å². The summed E-state index contributed by atoms with van der Waals surface area (Å²) in [6.45, 7) is 4.52. The third-order valence-corrected chi connectivity index (χ3v) is 2.96. The van der Waals surface area contributed by atoms with Gasteiger partial charge in [-0.2, -0.15) is 10.2 Å². The van der Waals surface area contributed by atoms with Crippen LogP contribution in [-0.2, 0) is 13.6 Å². The van der Waals surface area contributed by atoms with Crippen LogP contribution in [0.4, 0.5) is 5.69 Å². The third-order valence-electron chi connectivity index (χ3n) is 2.96. The Morgan fingerprint density at radius 2 is 2.14 bits per heavy atom. The number of aryl methyl sites for hydroxylation is 3. The quantitative estimate of drug-likeness (QED) is 0.361. The molecule has 8 nitrogen and oxygen atoms in total. The van der Waals surface area contributed by atoms with Crippen molar-refractivity contribution in [2.24, 2.45) is 7.05 Å². The van der Waals surface area contributed by atoms with Gasteiger partial charge in [-0.05, 0) is 26.0 Å². The van der Waals surface area contributed by atoms with Crippen LogP contribution in [0, 0.1) is 17.0 Å². The molecule has 0 saturated carbocycles. The number of aromatic nitrogens is 4. The molecule has 0 atom stereocenters. The molecule has 0 aliphatic rings. The van der Waals surface area contributed by atoms with E-state index in [1.807, 2.05) is 20.0 Å². The van der Waals surface area contributed by atoms with E-state index >= 15 is 0 Å². The first-order valence-electron chi connectivity index (χ1n) is 6.37. The molecule has 0 aliphatic carbocycles. The van der Waals surface area contributed by atoms with Crippen LogP contribution in [-0.4, -0.2) is 30.3 Å². The lowest BCUT2D eigenvalue weighted by Gasteiger charge is -1.91. The van der Waals surface area contributed by atoms with Crippen LogP contribution in [0.1, 0.15) is 28.7 Å². The molecule has 0 amide bonds. The lowest BCUT2D eigenvalue weighted by molar-refractivity contribution is -0.385. The van der Waals surface area contributed by atoms with E-state index < -0.39 is 10.7 Å². The van der Waals surface area contributed by atoms with Crippen molar-refractivity contribution in [1.82, 2.24) is 19.6 Å². The van der Waals surface area contributed by atoms with E-state index in [1.165, 1.54) is 24.0 Å². The molecule has 0 bridgehead atoms. The van der Waals surface area contributed by atoms with Gasteiger partial charge in [-0.1, -0.05) is 0 Å². The summed E-state index contributed by atoms with van der Waals surface area (Å²) in [5, 5.41) is 19.0. The highest BCUT2D eigenvalue weighted by atomic mass is 16.6. The maximum atomic E-state index is 12.0. The predicted molar refractivity (Wildman–Crippen MR) is 75.9 cm³/mol. The van der Waals surface area contributed by atoms with Crippen molar-refractivity contribution >= 4 is 17.5 Å². The summed E-state index contributed by atoms with van der Waals surface area (Å²) < 4.78 is 3.00. The molecule has 8 heteroatoms. The molecule has 0 aliphatic heterocycles. The summed E-state index contributed by atoms with van der Waals surface area (Å²) in [4.78, 5) is 22.3. The molecule has 0 unspecified atom stereocenters. The van der Waals surface area contributed by atoms with Crippen molar-refractivity contribution in [1.29, 1.82) is 0 Å². The van der Waals surface area contributed by atoms with Gasteiger partial charge in [0.2, 0.25) is 11.5 Å². The van der Waals surface area contributed by atoms with Gasteiger partial charge in [0.15, 0.2) is 0 Å². The Balaban J connectivity index is 2.27. The van der Waals surface area contributed by atoms with Crippen molar-refractivity contribution in [2.45, 2.75) is 20.4 Å². The summed E-state index contributed by atoms with van der Waals surface area (Å²) in [6, 6.07) is 0. The number of nitrogens with zero attached hydrogens (tertiary/aromatic N) is 5. The Labute approximate surface area is 120 Å². The van der Waals surface area contributed by atoms with Gasteiger partial charge < -0.3 is 0 Å². The molecule has 0 N–H and O–H groups in total. The molecule has 0 saturated heterocycles. The fraction of sp³-hybridized carbons (Fsp3) is 0.308. The van der Waals surface area contributed by atoms with Crippen LogP contribution >= 0.6 is 0 Å². The molecule has 0 fully saturated rings. The zero-order valence-corrected chi connectivity index (χ0v) is 12.0. The minimum Gasteiger partial charge on any atom is -0.287 e. The van der Waals surface area contributed by atoms with Crippen LogP contribution in [0.2, 0.25) is 0 Å². The maximum Gasteiger partial charge on any atom is 0.318 e. The molecule has 0 aromatic carbocycles. The molecule has 2 heterocycles. The number of hydrogen-bond donors (Lipinski definition) is 0. The summed E-state index contributed by atoms with van der Waals surface area (Å²) in [5.41, 5.74) is 1.12. The van der Waals surface area contributed by atoms with Gasteiger partial charge in [0.05, 0.1) is 10.6 Å². The number of allylic oxidation sites excluding steroid dienone is 1. The highest BCUT2D eigenvalue weighted by Gasteiger charge is 2.23. The Bertz CT molecular complexity index is 726. The number of nitro groups is 1. The maximum absolute atomic E-state index is 12.0. The van der Waals surface area contributed by atoms with Gasteiger partial charge in [0.1, 0.15) is 6.20 Å². The first-order valence-corrected chi connectivity index (χ1v) is 6.37. The molecular formula is C13H15N5O3. The van der Waals surface area contributed by atoms with Gasteiger partial charge in [-0.3, -0.25) is 24.3 Å². The van der Waals surface area contributed by atoms with Crippen molar-refractivity contribution in [3.05, 3.63) is 45.5 Å². The predicted octanol–water partition coefficient (Wildman–Crippen LogP) is 1.75. The van der Waals surface area contributed by atoms with Gasteiger partial charge in [0.25, 0.3) is 0 Å². The van der Waals surface area contributed by atoms with Gasteiger partial charge in [-0.25, -0.2) is 0 Å². The smallest absolute Gasteiger partial charge is 0.287 e. The number of rotatable bonds is 5. The minimum atomic E-state index is -0.617. The number of carbonyl (C=O) groups is 1. The molecule has 110 valence electrons. The minimum absolute atomic E-state index is 0.167. The van der Waals surface area contributed by atoms with Gasteiger partial charge in [0, 0.05) is 25.4 Å². The van der Waals surface area contributed by atoms with Crippen molar-refractivity contribution in [3.63, 3.8) is 0 Å². The first-order chi connectivity index (χ1) is 9.92. The Hall–Kier alpha value is -2.77. The molecule has 0 radical (unpaired) electrons.